The van der Waals surface area contributed by atoms with Crippen LogP contribution in [0.5, 0.6) is 11.5 Å². The minimum absolute atomic E-state index is 0.0206. The van der Waals surface area contributed by atoms with Crippen molar-refractivity contribution in [2.45, 2.75) is 4.90 Å². The molecule has 120 valence electrons. The van der Waals surface area contributed by atoms with Gasteiger partial charge >= 0.3 is 0 Å². The van der Waals surface area contributed by atoms with Crippen molar-refractivity contribution in [3.63, 3.8) is 0 Å². The molecule has 0 heterocycles. The second-order valence-electron chi connectivity index (χ2n) is 4.37. The van der Waals surface area contributed by atoms with Crippen LogP contribution < -0.4 is 14.2 Å². The summed E-state index contributed by atoms with van der Waals surface area (Å²) in [7, 11) is -0.913. The van der Waals surface area contributed by atoms with E-state index in [4.69, 9.17) is 9.47 Å². The minimum atomic E-state index is -3.83. The van der Waals surface area contributed by atoms with Crippen LogP contribution in [-0.2, 0) is 14.8 Å². The van der Waals surface area contributed by atoms with Gasteiger partial charge in [-0.15, -0.1) is 0 Å². The van der Waals surface area contributed by atoms with Crippen LogP contribution in [0.2, 0.25) is 0 Å². The maximum Gasteiger partial charge on any atom is 0.262 e. The number of hydrogen-bond donors (Lipinski definition) is 1. The van der Waals surface area contributed by atoms with Gasteiger partial charge < -0.3 is 9.47 Å². The third kappa shape index (κ3) is 3.88. The first-order chi connectivity index (χ1) is 11.0. The number of nitrogens with zero attached hydrogens (tertiary/aromatic N) is 1. The van der Waals surface area contributed by atoms with Crippen LogP contribution in [0.25, 0.3) is 0 Å². The van der Waals surface area contributed by atoms with Gasteiger partial charge in [-0.1, -0.05) is 0 Å². The number of rotatable bonds is 6. The van der Waals surface area contributed by atoms with Gasteiger partial charge in [0.05, 0.1) is 30.5 Å². The fourth-order valence-electron chi connectivity index (χ4n) is 1.85. The number of carbonyl (C=O) groups excluding carboxylic acids is 1. The molecule has 0 aliphatic rings. The molecule has 7 nitrogen and oxygen atoms in total. The van der Waals surface area contributed by atoms with E-state index < -0.39 is 10.0 Å². The summed E-state index contributed by atoms with van der Waals surface area (Å²) in [6.07, 6.45) is 1.39. The Morgan fingerprint density at radius 3 is 2.30 bits per heavy atom. The van der Waals surface area contributed by atoms with Gasteiger partial charge in [0.1, 0.15) is 11.5 Å². The molecular formula is C15H14N2O5S. The summed E-state index contributed by atoms with van der Waals surface area (Å²) in [6, 6.07) is 10.3. The van der Waals surface area contributed by atoms with Crippen LogP contribution in [0.1, 0.15) is 0 Å². The number of isocyanates is 1. The lowest BCUT2D eigenvalue weighted by atomic mass is 10.3. The van der Waals surface area contributed by atoms with Crippen molar-refractivity contribution >= 4 is 27.5 Å². The van der Waals surface area contributed by atoms with Crippen LogP contribution in [0.3, 0.4) is 0 Å². The molecule has 0 fully saturated rings. The maximum atomic E-state index is 12.4. The van der Waals surface area contributed by atoms with E-state index in [2.05, 4.69) is 9.71 Å². The molecule has 0 saturated heterocycles. The molecule has 0 atom stereocenters. The highest BCUT2D eigenvalue weighted by atomic mass is 32.2. The van der Waals surface area contributed by atoms with Gasteiger partial charge in [-0.05, 0) is 36.4 Å². The van der Waals surface area contributed by atoms with Gasteiger partial charge in [0.2, 0.25) is 6.08 Å². The molecule has 0 aliphatic carbocycles. The summed E-state index contributed by atoms with van der Waals surface area (Å²) >= 11 is 0. The summed E-state index contributed by atoms with van der Waals surface area (Å²) < 4.78 is 37.5. The Hall–Kier alpha value is -2.83. The first-order valence-corrected chi connectivity index (χ1v) is 7.91. The normalized spacial score (nSPS) is 10.5. The van der Waals surface area contributed by atoms with E-state index in [9.17, 15) is 13.2 Å². The second-order valence-corrected chi connectivity index (χ2v) is 6.05. The van der Waals surface area contributed by atoms with Crippen molar-refractivity contribution in [1.82, 2.24) is 0 Å². The molecule has 0 spiro atoms. The highest BCUT2D eigenvalue weighted by Crippen LogP contribution is 2.31. The first-order valence-electron chi connectivity index (χ1n) is 6.43. The van der Waals surface area contributed by atoms with Gasteiger partial charge in [-0.2, -0.15) is 4.99 Å². The number of methoxy groups -OCH3 is 2. The summed E-state index contributed by atoms with van der Waals surface area (Å²) in [5, 5.41) is 0. The summed E-state index contributed by atoms with van der Waals surface area (Å²) in [5.74, 6) is 0.843. The third-order valence-electron chi connectivity index (χ3n) is 2.97. The van der Waals surface area contributed by atoms with Crippen molar-refractivity contribution in [1.29, 1.82) is 0 Å². The summed E-state index contributed by atoms with van der Waals surface area (Å²) in [6.45, 7) is 0. The number of sulfonamides is 1. The Balaban J connectivity index is 2.35. The van der Waals surface area contributed by atoms with Crippen molar-refractivity contribution in [3.05, 3.63) is 42.5 Å². The Morgan fingerprint density at radius 1 is 1.04 bits per heavy atom. The second kappa shape index (κ2) is 6.95. The molecule has 0 unspecified atom stereocenters. The Kier molecular flexibility index (Phi) is 5.00. The van der Waals surface area contributed by atoms with Crippen LogP contribution in [0, 0.1) is 0 Å². The van der Waals surface area contributed by atoms with E-state index in [0.717, 1.165) is 0 Å². The molecular weight excluding hydrogens is 320 g/mol. The zero-order chi connectivity index (χ0) is 16.9. The van der Waals surface area contributed by atoms with Gasteiger partial charge in [-0.25, -0.2) is 13.2 Å². The Bertz CT molecular complexity index is 841. The molecule has 2 aromatic carbocycles. The number of anilines is 1. The van der Waals surface area contributed by atoms with Gasteiger partial charge in [0.15, 0.2) is 0 Å². The SMILES string of the molecule is COc1ccc(OC)c(NS(=O)(=O)c2ccc(N=C=O)cc2)c1. The molecule has 2 aromatic rings. The van der Waals surface area contributed by atoms with Crippen LogP contribution in [0.15, 0.2) is 52.4 Å². The van der Waals surface area contributed by atoms with Crippen molar-refractivity contribution in [2.24, 2.45) is 4.99 Å². The average molecular weight is 334 g/mol. The molecule has 0 aliphatic heterocycles. The fourth-order valence-corrected chi connectivity index (χ4v) is 2.91. The van der Waals surface area contributed by atoms with Gasteiger partial charge in [0.25, 0.3) is 10.0 Å². The van der Waals surface area contributed by atoms with Gasteiger partial charge in [0, 0.05) is 6.07 Å². The zero-order valence-corrected chi connectivity index (χ0v) is 13.3. The lowest BCUT2D eigenvalue weighted by molar-refractivity contribution is 0.405. The van der Waals surface area contributed by atoms with Crippen LogP contribution >= 0.6 is 0 Å². The molecule has 0 bridgehead atoms. The highest BCUT2D eigenvalue weighted by molar-refractivity contribution is 7.92. The quantitative estimate of drug-likeness (QED) is 0.647. The molecule has 0 saturated carbocycles. The van der Waals surface area contributed by atoms with Crippen LogP contribution in [-0.4, -0.2) is 28.7 Å². The van der Waals surface area contributed by atoms with E-state index in [1.807, 2.05) is 0 Å². The van der Waals surface area contributed by atoms with E-state index >= 15 is 0 Å². The van der Waals surface area contributed by atoms with Crippen molar-refractivity contribution < 1.29 is 22.7 Å². The number of nitrogens with one attached hydrogen (secondary N) is 1. The standard InChI is InChI=1S/C15H14N2O5S/c1-21-12-5-8-15(22-2)14(9-12)17-23(19,20)13-6-3-11(4-7-13)16-10-18/h3-9,17H,1-2H3. The predicted octanol–water partition coefficient (Wildman–Crippen LogP) is 2.47. The molecule has 2 rings (SSSR count). The molecule has 1 N–H and O–H groups in total. The molecule has 0 radical (unpaired) electrons. The fraction of sp³-hybridized carbons (Fsp3) is 0.133. The topological polar surface area (TPSA) is 94.1 Å². The molecule has 8 heteroatoms. The number of ether oxygens (including phenoxy) is 2. The molecule has 0 amide bonds. The van der Waals surface area contributed by atoms with Crippen molar-refractivity contribution in [3.8, 4) is 11.5 Å². The zero-order valence-electron chi connectivity index (χ0n) is 12.4. The minimum Gasteiger partial charge on any atom is -0.497 e. The summed E-state index contributed by atoms with van der Waals surface area (Å²) in [5.41, 5.74) is 0.569. The number of hydrogen-bond acceptors (Lipinski definition) is 6. The number of aliphatic imine (C=N–C) groups is 1. The smallest absolute Gasteiger partial charge is 0.262 e. The average Bonchev–Trinajstić information content (AvgIpc) is 2.55. The lowest BCUT2D eigenvalue weighted by Gasteiger charge is -2.13. The largest absolute Gasteiger partial charge is 0.497 e. The summed E-state index contributed by atoms with van der Waals surface area (Å²) in [4.78, 5) is 13.6. The van der Waals surface area contributed by atoms with E-state index in [1.165, 1.54) is 50.6 Å². The van der Waals surface area contributed by atoms with E-state index in [0.29, 0.717) is 17.2 Å². The Labute approximate surface area is 133 Å². The first kappa shape index (κ1) is 16.5. The third-order valence-corrected chi connectivity index (χ3v) is 4.35. The molecule has 23 heavy (non-hydrogen) atoms. The molecule has 0 aromatic heterocycles. The van der Waals surface area contributed by atoms with Crippen molar-refractivity contribution in [2.75, 3.05) is 18.9 Å². The maximum absolute atomic E-state index is 12.4. The predicted molar refractivity (Wildman–Crippen MR) is 84.6 cm³/mol. The van der Waals surface area contributed by atoms with Gasteiger partial charge in [-0.3, -0.25) is 4.72 Å². The highest BCUT2D eigenvalue weighted by Gasteiger charge is 2.17. The van der Waals surface area contributed by atoms with E-state index in [-0.39, 0.29) is 10.6 Å². The van der Waals surface area contributed by atoms with E-state index in [1.54, 1.807) is 12.1 Å². The lowest BCUT2D eigenvalue weighted by Crippen LogP contribution is -2.13. The monoisotopic (exact) mass is 334 g/mol. The Morgan fingerprint density at radius 2 is 1.74 bits per heavy atom. The van der Waals surface area contributed by atoms with Crippen LogP contribution in [0.4, 0.5) is 11.4 Å². The number of benzene rings is 2.